The molecule has 0 radical (unpaired) electrons. The lowest BCUT2D eigenvalue weighted by molar-refractivity contribution is -0.120. The van der Waals surface area contributed by atoms with E-state index in [1.54, 1.807) is 12.4 Å². The van der Waals surface area contributed by atoms with Gasteiger partial charge in [0.1, 0.15) is 5.82 Å². The largest absolute Gasteiger partial charge is 0.368 e. The maximum atomic E-state index is 11.5. The summed E-state index contributed by atoms with van der Waals surface area (Å²) in [7, 11) is 0. The molecule has 0 saturated heterocycles. The first-order chi connectivity index (χ1) is 10.2. The molecule has 6 nitrogen and oxygen atoms in total. The van der Waals surface area contributed by atoms with Gasteiger partial charge >= 0.3 is 0 Å². The molecule has 112 valence electrons. The molecule has 2 rings (SSSR count). The fraction of sp³-hybridized carbons (Fsp3) is 0.333. The average molecular weight is 287 g/mol. The average Bonchev–Trinajstić information content (AvgIpc) is 3.02. The number of benzene rings is 1. The van der Waals surface area contributed by atoms with E-state index in [-0.39, 0.29) is 11.9 Å². The highest BCUT2D eigenvalue weighted by Gasteiger charge is 2.17. The van der Waals surface area contributed by atoms with Crippen molar-refractivity contribution >= 4 is 5.91 Å². The minimum Gasteiger partial charge on any atom is -0.368 e. The minimum atomic E-state index is -0.397. The van der Waals surface area contributed by atoms with Crippen LogP contribution < -0.4 is 16.8 Å². The van der Waals surface area contributed by atoms with Gasteiger partial charge in [-0.15, -0.1) is 0 Å². The van der Waals surface area contributed by atoms with Gasteiger partial charge in [0, 0.05) is 18.9 Å². The van der Waals surface area contributed by atoms with Gasteiger partial charge in [0.05, 0.1) is 12.1 Å². The molecule has 6 heteroatoms. The van der Waals surface area contributed by atoms with Crippen molar-refractivity contribution in [1.82, 2.24) is 15.3 Å². The number of amides is 1. The van der Waals surface area contributed by atoms with Gasteiger partial charge in [-0.05, 0) is 18.4 Å². The molecule has 0 fully saturated rings. The number of imidazole rings is 1. The number of carbonyl (C=O) groups is 1. The third-order valence-corrected chi connectivity index (χ3v) is 3.38. The van der Waals surface area contributed by atoms with Crippen molar-refractivity contribution in [3.05, 3.63) is 54.1 Å². The quantitative estimate of drug-likeness (QED) is 0.576. The highest BCUT2D eigenvalue weighted by molar-refractivity contribution is 5.79. The lowest BCUT2D eigenvalue weighted by Gasteiger charge is -2.17. The Bertz CT molecular complexity index is 540. The van der Waals surface area contributed by atoms with Gasteiger partial charge in [-0.25, -0.2) is 4.98 Å². The SMILES string of the molecule is NC(=O)[C@H](CCC(N)c1ncc[nH]1)NCc1ccccc1. The summed E-state index contributed by atoms with van der Waals surface area (Å²) in [6.45, 7) is 0.602. The van der Waals surface area contributed by atoms with Crippen LogP contribution >= 0.6 is 0 Å². The van der Waals surface area contributed by atoms with Crippen molar-refractivity contribution in [2.45, 2.75) is 31.5 Å². The Balaban J connectivity index is 1.83. The summed E-state index contributed by atoms with van der Waals surface area (Å²) < 4.78 is 0. The Labute approximate surface area is 123 Å². The molecule has 2 atom stereocenters. The van der Waals surface area contributed by atoms with Crippen LogP contribution in [0.3, 0.4) is 0 Å². The van der Waals surface area contributed by atoms with Crippen LogP contribution in [0.1, 0.15) is 30.3 Å². The second kappa shape index (κ2) is 7.56. The van der Waals surface area contributed by atoms with Crippen LogP contribution in [0.15, 0.2) is 42.7 Å². The number of nitrogens with one attached hydrogen (secondary N) is 2. The van der Waals surface area contributed by atoms with E-state index >= 15 is 0 Å². The zero-order valence-electron chi connectivity index (χ0n) is 11.8. The van der Waals surface area contributed by atoms with Gasteiger partial charge in [0.25, 0.3) is 0 Å². The number of H-pyrrole nitrogens is 1. The lowest BCUT2D eigenvalue weighted by atomic mass is 10.1. The summed E-state index contributed by atoms with van der Waals surface area (Å²) >= 11 is 0. The van der Waals surface area contributed by atoms with Gasteiger partial charge in [-0.3, -0.25) is 4.79 Å². The molecule has 1 unspecified atom stereocenters. The van der Waals surface area contributed by atoms with Crippen molar-refractivity contribution in [2.75, 3.05) is 0 Å². The first-order valence-corrected chi connectivity index (χ1v) is 6.98. The first-order valence-electron chi connectivity index (χ1n) is 6.98. The molecule has 6 N–H and O–H groups in total. The number of aromatic nitrogens is 2. The summed E-state index contributed by atoms with van der Waals surface area (Å²) in [5, 5.41) is 3.18. The summed E-state index contributed by atoms with van der Waals surface area (Å²) in [4.78, 5) is 18.6. The second-order valence-electron chi connectivity index (χ2n) is 4.98. The monoisotopic (exact) mass is 287 g/mol. The number of hydrogen-bond acceptors (Lipinski definition) is 4. The second-order valence-corrected chi connectivity index (χ2v) is 4.98. The normalized spacial score (nSPS) is 13.8. The van der Waals surface area contributed by atoms with Crippen LogP contribution in [-0.2, 0) is 11.3 Å². The van der Waals surface area contributed by atoms with E-state index < -0.39 is 6.04 Å². The van der Waals surface area contributed by atoms with E-state index in [4.69, 9.17) is 11.5 Å². The van der Waals surface area contributed by atoms with E-state index in [1.807, 2.05) is 30.3 Å². The molecule has 1 aromatic heterocycles. The topological polar surface area (TPSA) is 110 Å². The fourth-order valence-corrected chi connectivity index (χ4v) is 2.15. The summed E-state index contributed by atoms with van der Waals surface area (Å²) in [5.41, 5.74) is 12.6. The third kappa shape index (κ3) is 4.70. The first kappa shape index (κ1) is 15.2. The third-order valence-electron chi connectivity index (χ3n) is 3.38. The molecule has 0 bridgehead atoms. The van der Waals surface area contributed by atoms with Crippen molar-refractivity contribution in [2.24, 2.45) is 11.5 Å². The van der Waals surface area contributed by atoms with Crippen molar-refractivity contribution < 1.29 is 4.79 Å². The van der Waals surface area contributed by atoms with E-state index in [0.717, 1.165) is 11.4 Å². The molecule has 1 aromatic carbocycles. The Kier molecular flexibility index (Phi) is 5.48. The Morgan fingerprint density at radius 2 is 2.05 bits per heavy atom. The summed E-state index contributed by atoms with van der Waals surface area (Å²) in [6, 6.07) is 9.26. The Morgan fingerprint density at radius 1 is 1.29 bits per heavy atom. The van der Waals surface area contributed by atoms with E-state index in [0.29, 0.717) is 19.4 Å². The predicted octanol–water partition coefficient (Wildman–Crippen LogP) is 0.833. The van der Waals surface area contributed by atoms with Crippen LogP contribution in [0.4, 0.5) is 0 Å². The van der Waals surface area contributed by atoms with Gasteiger partial charge < -0.3 is 21.8 Å². The Hall–Kier alpha value is -2.18. The summed E-state index contributed by atoms with van der Waals surface area (Å²) in [6.07, 6.45) is 4.59. The summed E-state index contributed by atoms with van der Waals surface area (Å²) in [5.74, 6) is 0.360. The number of nitrogens with two attached hydrogens (primary N) is 2. The van der Waals surface area contributed by atoms with Gasteiger partial charge in [0.2, 0.25) is 5.91 Å². The van der Waals surface area contributed by atoms with Crippen LogP contribution in [0.5, 0.6) is 0 Å². The number of aromatic amines is 1. The zero-order chi connectivity index (χ0) is 15.1. The van der Waals surface area contributed by atoms with E-state index in [1.165, 1.54) is 0 Å². The molecule has 0 saturated carbocycles. The lowest BCUT2D eigenvalue weighted by Crippen LogP contribution is -2.41. The van der Waals surface area contributed by atoms with Crippen molar-refractivity contribution in [1.29, 1.82) is 0 Å². The van der Waals surface area contributed by atoms with Crippen molar-refractivity contribution in [3.8, 4) is 0 Å². The molecule has 0 aliphatic carbocycles. The maximum absolute atomic E-state index is 11.5. The number of primary amides is 1. The highest BCUT2D eigenvalue weighted by Crippen LogP contribution is 2.13. The van der Waals surface area contributed by atoms with Gasteiger partial charge in [-0.2, -0.15) is 0 Å². The number of carbonyl (C=O) groups excluding carboxylic acids is 1. The van der Waals surface area contributed by atoms with E-state index in [2.05, 4.69) is 15.3 Å². The maximum Gasteiger partial charge on any atom is 0.234 e. The Morgan fingerprint density at radius 3 is 2.67 bits per heavy atom. The molecule has 0 aliphatic rings. The smallest absolute Gasteiger partial charge is 0.234 e. The number of nitrogens with zero attached hydrogens (tertiary/aromatic N) is 1. The molecular weight excluding hydrogens is 266 g/mol. The molecular formula is C15H21N5O. The van der Waals surface area contributed by atoms with Gasteiger partial charge in [-0.1, -0.05) is 30.3 Å². The predicted molar refractivity (Wildman–Crippen MR) is 81.0 cm³/mol. The fourth-order valence-electron chi connectivity index (χ4n) is 2.15. The molecule has 0 spiro atoms. The van der Waals surface area contributed by atoms with Gasteiger partial charge in [0.15, 0.2) is 0 Å². The molecule has 1 amide bonds. The molecule has 2 aromatic rings. The van der Waals surface area contributed by atoms with Crippen LogP contribution in [-0.4, -0.2) is 21.9 Å². The highest BCUT2D eigenvalue weighted by atomic mass is 16.1. The van der Waals surface area contributed by atoms with Crippen LogP contribution in [0.2, 0.25) is 0 Å². The molecule has 21 heavy (non-hydrogen) atoms. The molecule has 0 aliphatic heterocycles. The standard InChI is InChI=1S/C15H21N5O/c16-12(15-18-8-9-19-15)6-7-13(14(17)21)20-10-11-4-2-1-3-5-11/h1-5,8-9,12-13,20H,6-7,10,16H2,(H2,17,21)(H,18,19)/t12?,13-/m0/s1. The zero-order valence-corrected chi connectivity index (χ0v) is 11.8. The number of hydrogen-bond donors (Lipinski definition) is 4. The van der Waals surface area contributed by atoms with Crippen molar-refractivity contribution in [3.63, 3.8) is 0 Å². The van der Waals surface area contributed by atoms with E-state index in [9.17, 15) is 4.79 Å². The van der Waals surface area contributed by atoms with Crippen LogP contribution in [0.25, 0.3) is 0 Å². The molecule has 1 heterocycles. The van der Waals surface area contributed by atoms with Crippen LogP contribution in [0, 0.1) is 0 Å². The minimum absolute atomic E-state index is 0.222. The number of rotatable bonds is 8.